The van der Waals surface area contributed by atoms with Crippen molar-refractivity contribution < 1.29 is 23.7 Å². The summed E-state index contributed by atoms with van der Waals surface area (Å²) in [4.78, 5) is 33.7. The first-order valence-electron chi connectivity index (χ1n) is 16.5. The van der Waals surface area contributed by atoms with E-state index in [4.69, 9.17) is 14.2 Å². The van der Waals surface area contributed by atoms with Gasteiger partial charge in [-0.25, -0.2) is 4.98 Å². The molecule has 2 aliphatic heterocycles. The Balaban J connectivity index is 0.00000281. The molecule has 2 saturated heterocycles. The molecule has 0 spiro atoms. The first-order chi connectivity index (χ1) is 23.3. The standard InChI is InChI=1S/C36H43N7O5.2ClH/c1-5-47-36-38-33(46-4)29(34(39-36)48-25(2)3)22-40-20-28-21-41(35(44)30-23-42(45)17-16-37-30)18-19-43(28)31(24-40)32(26-12-8-6-9-13-26)27-14-10-7-11-15-27;;/h6-17,23,25,28,31-32H,5,18-22,24H2,1-4H3;2*1H/t28-,31?;;/m1../s1. The van der Waals surface area contributed by atoms with Gasteiger partial charge in [0.05, 0.1) is 31.6 Å². The van der Waals surface area contributed by atoms with Gasteiger partial charge in [0.15, 0.2) is 11.9 Å². The van der Waals surface area contributed by atoms with E-state index in [1.54, 1.807) is 7.11 Å². The highest BCUT2D eigenvalue weighted by Gasteiger charge is 2.44. The van der Waals surface area contributed by atoms with Crippen molar-refractivity contribution in [3.63, 3.8) is 0 Å². The van der Waals surface area contributed by atoms with Crippen LogP contribution in [0.3, 0.4) is 0 Å². The van der Waals surface area contributed by atoms with E-state index < -0.39 is 0 Å². The van der Waals surface area contributed by atoms with Crippen LogP contribution in [0.2, 0.25) is 0 Å². The van der Waals surface area contributed by atoms with Crippen molar-refractivity contribution in [3.05, 3.63) is 107 Å². The number of methoxy groups -OCH3 is 1. The predicted octanol–water partition coefficient (Wildman–Crippen LogP) is 4.39. The fraction of sp³-hybridized carbons (Fsp3) is 0.417. The third kappa shape index (κ3) is 8.73. The van der Waals surface area contributed by atoms with Gasteiger partial charge in [0.2, 0.25) is 18.0 Å². The Morgan fingerprint density at radius 3 is 2.22 bits per heavy atom. The molecule has 2 atom stereocenters. The Bertz CT molecular complexity index is 1650. The predicted molar refractivity (Wildman–Crippen MR) is 193 cm³/mol. The van der Waals surface area contributed by atoms with Crippen LogP contribution in [-0.4, -0.2) is 100 Å². The summed E-state index contributed by atoms with van der Waals surface area (Å²) in [5.74, 6) is 0.668. The van der Waals surface area contributed by atoms with Crippen molar-refractivity contribution in [1.82, 2.24) is 29.7 Å². The van der Waals surface area contributed by atoms with Gasteiger partial charge in [-0.3, -0.25) is 14.6 Å². The number of rotatable bonds is 11. The van der Waals surface area contributed by atoms with Crippen molar-refractivity contribution in [3.8, 4) is 17.8 Å². The summed E-state index contributed by atoms with van der Waals surface area (Å²) in [5.41, 5.74) is 3.35. The quantitative estimate of drug-likeness (QED) is 0.163. The van der Waals surface area contributed by atoms with E-state index in [0.717, 1.165) is 12.1 Å². The molecule has 0 radical (unpaired) electrons. The number of ether oxygens (including phenoxy) is 3. The van der Waals surface area contributed by atoms with Crippen LogP contribution in [0, 0.1) is 5.21 Å². The van der Waals surface area contributed by atoms with Crippen LogP contribution in [0.1, 0.15) is 53.9 Å². The summed E-state index contributed by atoms with van der Waals surface area (Å²) in [6.45, 7) is 9.82. The largest absolute Gasteiger partial charge is 0.619 e. The average Bonchev–Trinajstić information content (AvgIpc) is 3.09. The number of nitrogens with zero attached hydrogens (tertiary/aromatic N) is 7. The van der Waals surface area contributed by atoms with E-state index in [2.05, 4.69) is 73.3 Å². The number of carbonyl (C=O) groups is 1. The summed E-state index contributed by atoms with van der Waals surface area (Å²) in [5, 5.41) is 12.0. The minimum atomic E-state index is -0.245. The summed E-state index contributed by atoms with van der Waals surface area (Å²) < 4.78 is 18.3. The lowest BCUT2D eigenvalue weighted by Crippen LogP contribution is -2.67. The van der Waals surface area contributed by atoms with E-state index in [9.17, 15) is 10.0 Å². The zero-order chi connectivity index (χ0) is 33.6. The maximum Gasteiger partial charge on any atom is 0.323 e. The van der Waals surface area contributed by atoms with Crippen LogP contribution in [0.5, 0.6) is 17.8 Å². The van der Waals surface area contributed by atoms with Crippen LogP contribution < -0.4 is 18.9 Å². The summed E-state index contributed by atoms with van der Waals surface area (Å²) >= 11 is 0. The van der Waals surface area contributed by atoms with Gasteiger partial charge in [-0.15, -0.1) is 24.8 Å². The molecule has 12 nitrogen and oxygen atoms in total. The molecule has 0 aliphatic carbocycles. The Kier molecular flexibility index (Phi) is 13.6. The van der Waals surface area contributed by atoms with Gasteiger partial charge in [-0.05, 0) is 31.9 Å². The number of benzene rings is 2. The van der Waals surface area contributed by atoms with Crippen molar-refractivity contribution in [2.24, 2.45) is 0 Å². The van der Waals surface area contributed by atoms with Gasteiger partial charge in [0.1, 0.15) is 0 Å². The zero-order valence-electron chi connectivity index (χ0n) is 28.8. The highest BCUT2D eigenvalue weighted by atomic mass is 35.5. The van der Waals surface area contributed by atoms with E-state index in [0.29, 0.717) is 55.8 Å². The third-order valence-corrected chi connectivity index (χ3v) is 8.86. The molecule has 1 unspecified atom stereocenters. The lowest BCUT2D eigenvalue weighted by atomic mass is 9.81. The molecule has 2 fully saturated rings. The second kappa shape index (κ2) is 17.6. The lowest BCUT2D eigenvalue weighted by molar-refractivity contribution is -0.606. The number of carbonyl (C=O) groups excluding carboxylic acids is 1. The molecule has 6 rings (SSSR count). The topological polar surface area (TPSA) is 120 Å². The monoisotopic (exact) mass is 725 g/mol. The maximum atomic E-state index is 13.6. The fourth-order valence-electron chi connectivity index (χ4n) is 6.89. The number of aromatic nitrogens is 4. The van der Waals surface area contributed by atoms with E-state index in [1.807, 2.05) is 37.8 Å². The molecule has 2 aromatic carbocycles. The van der Waals surface area contributed by atoms with E-state index >= 15 is 0 Å². The first kappa shape index (κ1) is 38.6. The molecule has 4 aromatic rings. The van der Waals surface area contributed by atoms with Gasteiger partial charge >= 0.3 is 6.01 Å². The molecule has 14 heteroatoms. The number of piperazine rings is 2. The maximum absolute atomic E-state index is 13.6. The van der Waals surface area contributed by atoms with Gasteiger partial charge in [-0.1, -0.05) is 60.7 Å². The van der Waals surface area contributed by atoms with Crippen LogP contribution in [0.4, 0.5) is 0 Å². The second-order valence-electron chi connectivity index (χ2n) is 12.4. The molecule has 50 heavy (non-hydrogen) atoms. The summed E-state index contributed by atoms with van der Waals surface area (Å²) in [6.07, 6.45) is 3.75. The average molecular weight is 727 g/mol. The third-order valence-electron chi connectivity index (χ3n) is 8.86. The molecule has 0 N–H and O–H groups in total. The van der Waals surface area contributed by atoms with Crippen molar-refractivity contribution in [1.29, 1.82) is 0 Å². The summed E-state index contributed by atoms with van der Waals surface area (Å²) in [7, 11) is 1.59. The molecule has 2 aliphatic rings. The molecule has 2 aromatic heterocycles. The highest BCUT2D eigenvalue weighted by molar-refractivity contribution is 5.91. The SMILES string of the molecule is CCOc1nc(OC)c(CN2CC(C(c3ccccc3)c3ccccc3)N3CCN(C(=O)c4c[n+]([O-])ccn4)C[C@H]3C2)c(OC(C)C)n1.Cl.Cl. The number of fused-ring (bicyclic) bond motifs is 1. The molecule has 0 saturated carbocycles. The number of hydrogen-bond donors (Lipinski definition) is 0. The van der Waals surface area contributed by atoms with Gasteiger partial charge in [0.25, 0.3) is 5.91 Å². The van der Waals surface area contributed by atoms with Crippen LogP contribution in [0.25, 0.3) is 0 Å². The Hall–Kier alpha value is -4.23. The highest BCUT2D eigenvalue weighted by Crippen LogP contribution is 2.37. The Morgan fingerprint density at radius 2 is 1.62 bits per heavy atom. The minimum absolute atomic E-state index is 0. The smallest absolute Gasteiger partial charge is 0.323 e. The number of halogens is 2. The van der Waals surface area contributed by atoms with Crippen molar-refractivity contribution in [2.75, 3.05) is 46.4 Å². The molecule has 268 valence electrons. The van der Waals surface area contributed by atoms with Gasteiger partial charge < -0.3 is 24.3 Å². The first-order valence-corrected chi connectivity index (χ1v) is 16.5. The molecule has 0 bridgehead atoms. The zero-order valence-corrected chi connectivity index (χ0v) is 30.4. The molecule has 1 amide bonds. The van der Waals surface area contributed by atoms with Crippen LogP contribution >= 0.6 is 24.8 Å². The van der Waals surface area contributed by atoms with E-state index in [-0.39, 0.29) is 66.5 Å². The van der Waals surface area contributed by atoms with Gasteiger partial charge in [0, 0.05) is 57.3 Å². The Morgan fingerprint density at radius 1 is 0.960 bits per heavy atom. The normalized spacial score (nSPS) is 17.8. The second-order valence-corrected chi connectivity index (χ2v) is 12.4. The number of hydrogen-bond acceptors (Lipinski definition) is 10. The van der Waals surface area contributed by atoms with Crippen molar-refractivity contribution in [2.45, 2.75) is 51.4 Å². The molecule has 4 heterocycles. The minimum Gasteiger partial charge on any atom is -0.619 e. The number of amides is 1. The van der Waals surface area contributed by atoms with Crippen molar-refractivity contribution >= 4 is 30.7 Å². The lowest BCUT2D eigenvalue weighted by Gasteiger charge is -2.53. The van der Waals surface area contributed by atoms with Gasteiger partial charge in [-0.2, -0.15) is 14.7 Å². The van der Waals surface area contributed by atoms with E-state index in [1.165, 1.54) is 29.7 Å². The molecular formula is C36H45Cl2N7O5. The molecular weight excluding hydrogens is 681 g/mol. The van der Waals surface area contributed by atoms with Crippen LogP contribution in [0.15, 0.2) is 79.3 Å². The van der Waals surface area contributed by atoms with Crippen LogP contribution in [-0.2, 0) is 6.54 Å². The summed E-state index contributed by atoms with van der Waals surface area (Å²) in [6, 6.07) is 21.5. The Labute approximate surface area is 305 Å². The fourth-order valence-corrected chi connectivity index (χ4v) is 6.89.